The van der Waals surface area contributed by atoms with Crippen LogP contribution >= 0.6 is 0 Å². The molecular formula is C9H18N4O. The first kappa shape index (κ1) is 11.1. The number of aromatic nitrogens is 3. The highest BCUT2D eigenvalue weighted by Gasteiger charge is 2.19. The van der Waals surface area contributed by atoms with Gasteiger partial charge in [-0.3, -0.25) is 5.10 Å². The second kappa shape index (κ2) is 5.07. The molecule has 80 valence electrons. The Morgan fingerprint density at radius 1 is 1.50 bits per heavy atom. The molecular weight excluding hydrogens is 180 g/mol. The molecule has 0 aromatic carbocycles. The van der Waals surface area contributed by atoms with Crippen LogP contribution in [0.15, 0.2) is 0 Å². The second-order valence-corrected chi connectivity index (χ2v) is 3.58. The number of hydrogen-bond acceptors (Lipinski definition) is 4. The predicted molar refractivity (Wildman–Crippen MR) is 53.7 cm³/mol. The van der Waals surface area contributed by atoms with Crippen molar-refractivity contribution in [2.45, 2.75) is 26.4 Å². The summed E-state index contributed by atoms with van der Waals surface area (Å²) in [7, 11) is 1.67. The molecule has 0 aliphatic rings. The molecule has 0 aliphatic carbocycles. The van der Waals surface area contributed by atoms with Crippen molar-refractivity contribution in [2.75, 3.05) is 13.7 Å². The van der Waals surface area contributed by atoms with E-state index in [1.54, 1.807) is 7.11 Å². The molecule has 0 bridgehead atoms. The van der Waals surface area contributed by atoms with Crippen molar-refractivity contribution < 1.29 is 4.74 Å². The number of methoxy groups -OCH3 is 1. The van der Waals surface area contributed by atoms with E-state index in [1.165, 1.54) is 0 Å². The van der Waals surface area contributed by atoms with Gasteiger partial charge < -0.3 is 10.5 Å². The van der Waals surface area contributed by atoms with E-state index in [1.807, 2.05) is 0 Å². The van der Waals surface area contributed by atoms with Gasteiger partial charge in [-0.25, -0.2) is 4.98 Å². The summed E-state index contributed by atoms with van der Waals surface area (Å²) >= 11 is 0. The van der Waals surface area contributed by atoms with Crippen molar-refractivity contribution in [2.24, 2.45) is 11.7 Å². The van der Waals surface area contributed by atoms with E-state index in [0.717, 1.165) is 12.2 Å². The molecule has 0 spiro atoms. The molecule has 5 heteroatoms. The maximum atomic E-state index is 5.42. The van der Waals surface area contributed by atoms with Crippen LogP contribution < -0.4 is 5.73 Å². The first-order valence-corrected chi connectivity index (χ1v) is 4.83. The van der Waals surface area contributed by atoms with Gasteiger partial charge in [0.1, 0.15) is 11.9 Å². The Morgan fingerprint density at radius 3 is 2.71 bits per heavy atom. The number of nitrogens with zero attached hydrogens (tertiary/aromatic N) is 2. The third-order valence-corrected chi connectivity index (χ3v) is 2.04. The molecule has 0 fully saturated rings. The number of ether oxygens (including phenoxy) is 1. The lowest BCUT2D eigenvalue weighted by Gasteiger charge is -2.14. The van der Waals surface area contributed by atoms with Crippen LogP contribution in [0.5, 0.6) is 0 Å². The monoisotopic (exact) mass is 198 g/mol. The first-order valence-electron chi connectivity index (χ1n) is 4.83. The van der Waals surface area contributed by atoms with Crippen LogP contribution in [0.25, 0.3) is 0 Å². The summed E-state index contributed by atoms with van der Waals surface area (Å²) in [5.41, 5.74) is 5.42. The maximum Gasteiger partial charge on any atom is 0.179 e. The summed E-state index contributed by atoms with van der Waals surface area (Å²) in [4.78, 5) is 4.32. The molecule has 5 nitrogen and oxygen atoms in total. The van der Waals surface area contributed by atoms with Crippen LogP contribution in [0.3, 0.4) is 0 Å². The van der Waals surface area contributed by atoms with Gasteiger partial charge in [-0.1, -0.05) is 13.8 Å². The summed E-state index contributed by atoms with van der Waals surface area (Å²) in [5, 5.41) is 6.97. The molecule has 0 radical (unpaired) electrons. The van der Waals surface area contributed by atoms with E-state index in [9.17, 15) is 0 Å². The van der Waals surface area contributed by atoms with Crippen molar-refractivity contribution in [1.29, 1.82) is 0 Å². The number of nitrogens with one attached hydrogen (secondary N) is 1. The molecule has 1 rings (SSSR count). The average Bonchev–Trinajstić information content (AvgIpc) is 2.54. The van der Waals surface area contributed by atoms with E-state index in [2.05, 4.69) is 29.0 Å². The Bertz CT molecular complexity index is 272. The smallest absolute Gasteiger partial charge is 0.179 e. The zero-order valence-corrected chi connectivity index (χ0v) is 8.95. The largest absolute Gasteiger partial charge is 0.373 e. The fourth-order valence-electron chi connectivity index (χ4n) is 1.36. The van der Waals surface area contributed by atoms with Crippen molar-refractivity contribution in [3.8, 4) is 0 Å². The van der Waals surface area contributed by atoms with E-state index in [-0.39, 0.29) is 6.10 Å². The van der Waals surface area contributed by atoms with Gasteiger partial charge in [0.05, 0.1) is 0 Å². The fraction of sp³-hybridized carbons (Fsp3) is 0.778. The van der Waals surface area contributed by atoms with Crippen molar-refractivity contribution in [1.82, 2.24) is 15.2 Å². The molecule has 1 aromatic heterocycles. The molecule has 0 saturated carbocycles. The highest BCUT2D eigenvalue weighted by molar-refractivity contribution is 4.95. The molecule has 1 heterocycles. The van der Waals surface area contributed by atoms with Gasteiger partial charge in [0, 0.05) is 13.5 Å². The molecule has 0 saturated heterocycles. The Morgan fingerprint density at radius 2 is 2.21 bits per heavy atom. The van der Waals surface area contributed by atoms with Gasteiger partial charge in [0.15, 0.2) is 5.82 Å². The second-order valence-electron chi connectivity index (χ2n) is 3.58. The van der Waals surface area contributed by atoms with Crippen LogP contribution in [-0.2, 0) is 11.2 Å². The molecule has 0 amide bonds. The minimum Gasteiger partial charge on any atom is -0.373 e. The van der Waals surface area contributed by atoms with Crippen molar-refractivity contribution >= 4 is 0 Å². The Labute approximate surface area is 84.1 Å². The van der Waals surface area contributed by atoms with Crippen LogP contribution in [-0.4, -0.2) is 28.8 Å². The zero-order chi connectivity index (χ0) is 10.6. The van der Waals surface area contributed by atoms with Gasteiger partial charge in [0.2, 0.25) is 0 Å². The minimum atomic E-state index is -0.0437. The number of nitrogens with two attached hydrogens (primary N) is 1. The lowest BCUT2D eigenvalue weighted by Crippen LogP contribution is -2.11. The standard InChI is InChI=1S/C9H18N4O/c1-6(2)8(14-3)9-11-7(4-5-10)12-13-9/h6,8H,4-5,10H2,1-3H3,(H,11,12,13). The fourth-order valence-corrected chi connectivity index (χ4v) is 1.36. The molecule has 14 heavy (non-hydrogen) atoms. The van der Waals surface area contributed by atoms with Crippen LogP contribution in [0.4, 0.5) is 0 Å². The van der Waals surface area contributed by atoms with Gasteiger partial charge in [-0.2, -0.15) is 5.10 Å². The summed E-state index contributed by atoms with van der Waals surface area (Å²) in [5.74, 6) is 1.90. The molecule has 3 N–H and O–H groups in total. The van der Waals surface area contributed by atoms with Gasteiger partial charge in [-0.05, 0) is 12.5 Å². The van der Waals surface area contributed by atoms with Crippen LogP contribution in [0.1, 0.15) is 31.6 Å². The van der Waals surface area contributed by atoms with E-state index in [0.29, 0.717) is 18.3 Å². The summed E-state index contributed by atoms with van der Waals surface area (Å²) in [6, 6.07) is 0. The lowest BCUT2D eigenvalue weighted by molar-refractivity contribution is 0.0577. The SMILES string of the molecule is COC(c1n[nH]c(CCN)n1)C(C)C. The van der Waals surface area contributed by atoms with E-state index < -0.39 is 0 Å². The highest BCUT2D eigenvalue weighted by atomic mass is 16.5. The highest BCUT2D eigenvalue weighted by Crippen LogP contribution is 2.21. The number of aromatic amines is 1. The van der Waals surface area contributed by atoms with E-state index >= 15 is 0 Å². The molecule has 1 aromatic rings. The Hall–Kier alpha value is -0.940. The number of rotatable bonds is 5. The molecule has 0 aliphatic heterocycles. The Balaban J connectivity index is 2.73. The van der Waals surface area contributed by atoms with Crippen LogP contribution in [0, 0.1) is 5.92 Å². The molecule has 1 atom stereocenters. The predicted octanol–water partition coefficient (Wildman–Crippen LogP) is 0.649. The number of H-pyrrole nitrogens is 1. The van der Waals surface area contributed by atoms with Gasteiger partial charge >= 0.3 is 0 Å². The Kier molecular flexibility index (Phi) is 4.03. The van der Waals surface area contributed by atoms with Gasteiger partial charge in [-0.15, -0.1) is 0 Å². The summed E-state index contributed by atoms with van der Waals surface area (Å²) in [6.07, 6.45) is 0.680. The normalized spacial score (nSPS) is 13.5. The zero-order valence-electron chi connectivity index (χ0n) is 8.95. The lowest BCUT2D eigenvalue weighted by atomic mass is 10.1. The van der Waals surface area contributed by atoms with Crippen molar-refractivity contribution in [3.05, 3.63) is 11.6 Å². The number of hydrogen-bond donors (Lipinski definition) is 2. The third kappa shape index (κ3) is 2.52. The summed E-state index contributed by atoms with van der Waals surface area (Å²) in [6.45, 7) is 4.73. The van der Waals surface area contributed by atoms with E-state index in [4.69, 9.17) is 10.5 Å². The minimum absolute atomic E-state index is 0.0437. The summed E-state index contributed by atoms with van der Waals surface area (Å²) < 4.78 is 5.31. The third-order valence-electron chi connectivity index (χ3n) is 2.04. The van der Waals surface area contributed by atoms with Crippen molar-refractivity contribution in [3.63, 3.8) is 0 Å². The van der Waals surface area contributed by atoms with Gasteiger partial charge in [0.25, 0.3) is 0 Å². The quantitative estimate of drug-likeness (QED) is 0.728. The molecule has 1 unspecified atom stereocenters. The topological polar surface area (TPSA) is 76.8 Å². The first-order chi connectivity index (χ1) is 6.69. The maximum absolute atomic E-state index is 5.42. The average molecular weight is 198 g/mol. The van der Waals surface area contributed by atoms with Crippen LogP contribution in [0.2, 0.25) is 0 Å².